The zero-order chi connectivity index (χ0) is 25.9. The molecule has 13 heteroatoms. The second-order valence-corrected chi connectivity index (χ2v) is 9.56. The molecule has 0 radical (unpaired) electrons. The quantitative estimate of drug-likeness (QED) is 0.123. The molecular weight excluding hydrogens is 517 g/mol. The van der Waals surface area contributed by atoms with Crippen molar-refractivity contribution in [1.82, 2.24) is 4.98 Å². The van der Waals surface area contributed by atoms with Crippen LogP contribution in [0, 0.1) is 10.1 Å². The van der Waals surface area contributed by atoms with Gasteiger partial charge < -0.3 is 10.4 Å². The first-order chi connectivity index (χ1) is 17.1. The fourth-order valence-corrected chi connectivity index (χ4v) is 4.94. The number of thiazole rings is 1. The fraction of sp³-hybridized carbons (Fsp3) is 0.0870. The maximum atomic E-state index is 12.8. The maximum absolute atomic E-state index is 12.8. The number of thioether (sulfide) groups is 1. The van der Waals surface area contributed by atoms with Gasteiger partial charge in [-0.2, -0.15) is 13.2 Å². The summed E-state index contributed by atoms with van der Waals surface area (Å²) in [5.74, 6) is -0.668. The number of phenolic OH excluding ortho intramolecular Hbond substituents is 1. The number of anilines is 1. The van der Waals surface area contributed by atoms with Gasteiger partial charge in [0.1, 0.15) is 5.75 Å². The van der Waals surface area contributed by atoms with E-state index in [9.17, 15) is 33.2 Å². The Hall–Kier alpha value is -3.97. The van der Waals surface area contributed by atoms with E-state index in [0.717, 1.165) is 28.6 Å². The van der Waals surface area contributed by atoms with Crippen molar-refractivity contribution in [1.29, 1.82) is 0 Å². The van der Waals surface area contributed by atoms with Crippen LogP contribution < -0.4 is 5.32 Å². The second-order valence-electron chi connectivity index (χ2n) is 7.31. The largest absolute Gasteiger partial charge is 0.507 e. The molecule has 4 aromatic rings. The van der Waals surface area contributed by atoms with Crippen LogP contribution in [0.2, 0.25) is 0 Å². The van der Waals surface area contributed by atoms with Crippen molar-refractivity contribution in [3.63, 3.8) is 0 Å². The Balaban J connectivity index is 1.41. The zero-order valence-electron chi connectivity index (χ0n) is 18.0. The minimum atomic E-state index is -4.50. The first-order valence-corrected chi connectivity index (χ1v) is 11.9. The number of hydrogen-bond donors (Lipinski definition) is 2. The lowest BCUT2D eigenvalue weighted by atomic mass is 10.2. The van der Waals surface area contributed by atoms with Gasteiger partial charge in [-0.15, -0.1) is 11.3 Å². The minimum Gasteiger partial charge on any atom is -0.507 e. The van der Waals surface area contributed by atoms with Gasteiger partial charge in [0.2, 0.25) is 5.91 Å². The number of amides is 1. The maximum Gasteiger partial charge on any atom is 0.416 e. The SMILES string of the molecule is O=C(CSc1nc2ccc(N=Cc3cc([N+](=O)[O-])ccc3O)cc2s1)Nc1cccc(C(F)(F)F)c1. The summed E-state index contributed by atoms with van der Waals surface area (Å²) >= 11 is 2.45. The molecule has 3 aromatic carbocycles. The molecule has 1 amide bonds. The third kappa shape index (κ3) is 6.17. The van der Waals surface area contributed by atoms with Gasteiger partial charge in [-0.3, -0.25) is 19.9 Å². The molecular formula is C23H15F3N4O4S2. The highest BCUT2D eigenvalue weighted by Crippen LogP contribution is 2.33. The van der Waals surface area contributed by atoms with Crippen LogP contribution in [-0.2, 0) is 11.0 Å². The molecule has 0 aliphatic heterocycles. The van der Waals surface area contributed by atoms with Crippen LogP contribution >= 0.6 is 23.1 Å². The summed E-state index contributed by atoms with van der Waals surface area (Å²) in [6.45, 7) is 0. The van der Waals surface area contributed by atoms with Crippen LogP contribution in [0.5, 0.6) is 5.75 Å². The number of benzene rings is 3. The average Bonchev–Trinajstić information content (AvgIpc) is 3.24. The lowest BCUT2D eigenvalue weighted by Gasteiger charge is -2.09. The summed E-state index contributed by atoms with van der Waals surface area (Å²) < 4.78 is 39.9. The van der Waals surface area contributed by atoms with Crippen molar-refractivity contribution in [3.8, 4) is 5.75 Å². The molecule has 8 nitrogen and oxygen atoms in total. The van der Waals surface area contributed by atoms with Crippen molar-refractivity contribution in [2.75, 3.05) is 11.1 Å². The number of carbonyl (C=O) groups is 1. The molecule has 1 heterocycles. The average molecular weight is 533 g/mol. The standard InChI is InChI=1S/C23H15F3N4O4S2/c24-23(25,26)14-2-1-3-16(9-14)28-21(32)12-35-22-29-18-6-4-15(10-20(18)36-22)27-11-13-8-17(30(33)34)5-7-19(13)31/h1-11,31H,12H2,(H,28,32). The molecule has 1 aromatic heterocycles. The number of halogens is 3. The molecule has 0 unspecified atom stereocenters. The number of carbonyl (C=O) groups excluding carboxylic acids is 1. The Labute approximate surface area is 209 Å². The van der Waals surface area contributed by atoms with Crippen LogP contribution in [0.15, 0.2) is 70.0 Å². The Morgan fingerprint density at radius 1 is 1.19 bits per heavy atom. The van der Waals surface area contributed by atoms with E-state index in [0.29, 0.717) is 15.5 Å². The zero-order valence-corrected chi connectivity index (χ0v) is 19.7. The van der Waals surface area contributed by atoms with Gasteiger partial charge in [0.15, 0.2) is 4.34 Å². The number of phenols is 1. The minimum absolute atomic E-state index is 0.0485. The first-order valence-electron chi connectivity index (χ1n) is 10.1. The number of non-ortho nitro benzene ring substituents is 1. The number of aromatic nitrogens is 1. The van der Waals surface area contributed by atoms with Crippen LogP contribution in [0.4, 0.5) is 30.2 Å². The Bertz CT molecular complexity index is 1490. The predicted octanol–water partition coefficient (Wildman–Crippen LogP) is 6.41. The third-order valence-corrected chi connectivity index (χ3v) is 6.89. The molecule has 36 heavy (non-hydrogen) atoms. The highest BCUT2D eigenvalue weighted by atomic mass is 32.2. The van der Waals surface area contributed by atoms with E-state index in [2.05, 4.69) is 15.3 Å². The van der Waals surface area contributed by atoms with Gasteiger partial charge in [-0.1, -0.05) is 17.8 Å². The Kier molecular flexibility index (Phi) is 7.22. The summed E-state index contributed by atoms with van der Waals surface area (Å²) in [6, 6.07) is 13.2. The number of nitrogens with one attached hydrogen (secondary N) is 1. The summed E-state index contributed by atoms with van der Waals surface area (Å²) in [4.78, 5) is 31.3. The normalized spacial score (nSPS) is 11.8. The monoisotopic (exact) mass is 532 g/mol. The van der Waals surface area contributed by atoms with Crippen LogP contribution in [-0.4, -0.2) is 32.9 Å². The van der Waals surface area contributed by atoms with E-state index in [1.807, 2.05) is 0 Å². The van der Waals surface area contributed by atoms with Gasteiger partial charge in [-0.05, 0) is 42.5 Å². The highest BCUT2D eigenvalue weighted by molar-refractivity contribution is 8.01. The molecule has 0 aliphatic carbocycles. The van der Waals surface area contributed by atoms with Gasteiger partial charge in [-0.25, -0.2) is 4.98 Å². The molecule has 4 rings (SSSR count). The van der Waals surface area contributed by atoms with Crippen LogP contribution in [0.25, 0.3) is 10.2 Å². The molecule has 0 spiro atoms. The topological polar surface area (TPSA) is 118 Å². The van der Waals surface area contributed by atoms with E-state index < -0.39 is 22.6 Å². The first kappa shape index (κ1) is 25.1. The van der Waals surface area contributed by atoms with Gasteiger partial charge >= 0.3 is 6.18 Å². The molecule has 0 bridgehead atoms. The smallest absolute Gasteiger partial charge is 0.416 e. The number of nitrogens with zero attached hydrogens (tertiary/aromatic N) is 3. The summed E-state index contributed by atoms with van der Waals surface area (Å²) in [7, 11) is 0. The van der Waals surface area contributed by atoms with Gasteiger partial charge in [0.05, 0.1) is 32.1 Å². The summed E-state index contributed by atoms with van der Waals surface area (Å²) in [5, 5.41) is 23.3. The lowest BCUT2D eigenvalue weighted by Crippen LogP contribution is -2.14. The van der Waals surface area contributed by atoms with Crippen molar-refractivity contribution < 1.29 is 28.0 Å². The molecule has 0 saturated carbocycles. The third-order valence-electron chi connectivity index (χ3n) is 4.73. The van der Waals surface area contributed by atoms with Crippen molar-refractivity contribution in [3.05, 3.63) is 81.9 Å². The summed E-state index contributed by atoms with van der Waals surface area (Å²) in [6.07, 6.45) is -3.18. The van der Waals surface area contributed by atoms with Crippen molar-refractivity contribution in [2.45, 2.75) is 10.5 Å². The Morgan fingerprint density at radius 2 is 2.00 bits per heavy atom. The van der Waals surface area contributed by atoms with E-state index in [1.54, 1.807) is 18.2 Å². The van der Waals surface area contributed by atoms with Crippen molar-refractivity contribution in [2.24, 2.45) is 4.99 Å². The number of alkyl halides is 3. The molecule has 0 fully saturated rings. The molecule has 0 aliphatic rings. The second kappa shape index (κ2) is 10.3. The number of fused-ring (bicyclic) bond motifs is 1. The van der Waals surface area contributed by atoms with Gasteiger partial charge in [0.25, 0.3) is 5.69 Å². The highest BCUT2D eigenvalue weighted by Gasteiger charge is 2.30. The van der Waals surface area contributed by atoms with E-state index >= 15 is 0 Å². The molecule has 2 N–H and O–H groups in total. The van der Waals surface area contributed by atoms with Crippen molar-refractivity contribution >= 4 is 62.5 Å². The predicted molar refractivity (Wildman–Crippen MR) is 132 cm³/mol. The summed E-state index contributed by atoms with van der Waals surface area (Å²) in [5.41, 5.74) is 0.409. The number of hydrogen-bond acceptors (Lipinski definition) is 8. The van der Waals surface area contributed by atoms with Crippen LogP contribution in [0.1, 0.15) is 11.1 Å². The number of rotatable bonds is 7. The number of nitro benzene ring substituents is 1. The molecule has 184 valence electrons. The molecule has 0 atom stereocenters. The van der Waals surface area contributed by atoms with Gasteiger partial charge in [0, 0.05) is 29.6 Å². The lowest BCUT2D eigenvalue weighted by molar-refractivity contribution is -0.384. The van der Waals surface area contributed by atoms with E-state index in [4.69, 9.17) is 0 Å². The van der Waals surface area contributed by atoms with Crippen LogP contribution in [0.3, 0.4) is 0 Å². The van der Waals surface area contributed by atoms with E-state index in [-0.39, 0.29) is 28.4 Å². The number of nitro groups is 1. The number of aromatic hydroxyl groups is 1. The Morgan fingerprint density at radius 3 is 2.75 bits per heavy atom. The fourth-order valence-electron chi connectivity index (χ4n) is 3.03. The van der Waals surface area contributed by atoms with E-state index in [1.165, 1.54) is 47.9 Å². The molecule has 0 saturated heterocycles. The number of aliphatic imine (C=N–C) groups is 1.